The molecule has 1 N–H and O–H groups in total. The lowest BCUT2D eigenvalue weighted by Crippen LogP contribution is -2.43. The number of methoxy groups -OCH3 is 1. The fourth-order valence-corrected chi connectivity index (χ4v) is 2.13. The maximum absolute atomic E-state index is 12.9. The molecule has 0 saturated heterocycles. The number of carbonyl (C=O) groups excluding carboxylic acids is 2. The van der Waals surface area contributed by atoms with Crippen molar-refractivity contribution in [3.05, 3.63) is 71.0 Å². The van der Waals surface area contributed by atoms with Crippen molar-refractivity contribution in [3.63, 3.8) is 0 Å². The number of nitriles is 1. The SMILES string of the molecule is COC(=O)[C@H](Cc1ccc(C#N)cc1)NC(=O)c1ccc(F)cc1. The second kappa shape index (κ2) is 7.88. The van der Waals surface area contributed by atoms with Crippen LogP contribution in [-0.2, 0) is 16.0 Å². The Balaban J connectivity index is 2.12. The van der Waals surface area contributed by atoms with E-state index in [0.29, 0.717) is 5.56 Å². The Bertz CT molecular complexity index is 764. The zero-order valence-corrected chi connectivity index (χ0v) is 13.0. The van der Waals surface area contributed by atoms with Crippen LogP contribution in [0.15, 0.2) is 48.5 Å². The van der Waals surface area contributed by atoms with E-state index < -0.39 is 23.7 Å². The minimum atomic E-state index is -0.888. The zero-order valence-electron chi connectivity index (χ0n) is 13.0. The molecule has 1 amide bonds. The van der Waals surface area contributed by atoms with Gasteiger partial charge in [0.1, 0.15) is 11.9 Å². The monoisotopic (exact) mass is 326 g/mol. The first-order valence-electron chi connectivity index (χ1n) is 7.17. The van der Waals surface area contributed by atoms with Gasteiger partial charge in [0.25, 0.3) is 5.91 Å². The first-order valence-corrected chi connectivity index (χ1v) is 7.17. The van der Waals surface area contributed by atoms with E-state index in [1.807, 2.05) is 6.07 Å². The highest BCUT2D eigenvalue weighted by Crippen LogP contribution is 2.09. The Hall–Kier alpha value is -3.20. The lowest BCUT2D eigenvalue weighted by molar-refractivity contribution is -0.142. The summed E-state index contributed by atoms with van der Waals surface area (Å²) >= 11 is 0. The molecule has 0 unspecified atom stereocenters. The second-order valence-electron chi connectivity index (χ2n) is 5.07. The molecule has 0 aromatic heterocycles. The predicted molar refractivity (Wildman–Crippen MR) is 84.5 cm³/mol. The molecule has 1 atom stereocenters. The molecular formula is C18H15FN2O3. The van der Waals surface area contributed by atoms with Gasteiger partial charge in [0, 0.05) is 12.0 Å². The molecule has 2 rings (SSSR count). The molecule has 0 fully saturated rings. The van der Waals surface area contributed by atoms with E-state index >= 15 is 0 Å². The Morgan fingerprint density at radius 3 is 2.33 bits per heavy atom. The molecule has 0 bridgehead atoms. The predicted octanol–water partition coefficient (Wildman–Crippen LogP) is 2.21. The summed E-state index contributed by atoms with van der Waals surface area (Å²) in [6.07, 6.45) is 0.214. The molecule has 0 aliphatic heterocycles. The Labute approximate surface area is 138 Å². The number of amides is 1. The van der Waals surface area contributed by atoms with Crippen LogP contribution in [0, 0.1) is 17.1 Å². The molecule has 6 heteroatoms. The van der Waals surface area contributed by atoms with Crippen LogP contribution in [-0.4, -0.2) is 25.0 Å². The van der Waals surface area contributed by atoms with Crippen molar-refractivity contribution in [2.45, 2.75) is 12.5 Å². The first-order chi connectivity index (χ1) is 11.5. The van der Waals surface area contributed by atoms with Crippen LogP contribution in [0.4, 0.5) is 4.39 Å². The van der Waals surface area contributed by atoms with Crippen molar-refractivity contribution >= 4 is 11.9 Å². The van der Waals surface area contributed by atoms with Gasteiger partial charge in [0.2, 0.25) is 0 Å². The number of rotatable bonds is 5. The van der Waals surface area contributed by atoms with Crippen molar-refractivity contribution in [2.24, 2.45) is 0 Å². The molecule has 122 valence electrons. The largest absolute Gasteiger partial charge is 0.467 e. The molecule has 0 saturated carbocycles. The van der Waals surface area contributed by atoms with Crippen molar-refractivity contribution in [1.29, 1.82) is 5.26 Å². The first kappa shape index (κ1) is 17.2. The molecule has 0 aliphatic carbocycles. The smallest absolute Gasteiger partial charge is 0.328 e. The third-order valence-corrected chi connectivity index (χ3v) is 3.42. The molecular weight excluding hydrogens is 311 g/mol. The highest BCUT2D eigenvalue weighted by molar-refractivity contribution is 5.96. The summed E-state index contributed by atoms with van der Waals surface area (Å²) < 4.78 is 17.6. The summed E-state index contributed by atoms with van der Waals surface area (Å²) in [5.74, 6) is -1.54. The Morgan fingerprint density at radius 1 is 1.17 bits per heavy atom. The molecule has 0 heterocycles. The number of nitrogens with one attached hydrogen (secondary N) is 1. The summed E-state index contributed by atoms with van der Waals surface area (Å²) in [6, 6.07) is 12.8. The van der Waals surface area contributed by atoms with E-state index in [0.717, 1.165) is 5.56 Å². The van der Waals surface area contributed by atoms with Crippen LogP contribution < -0.4 is 5.32 Å². The average Bonchev–Trinajstić information content (AvgIpc) is 2.61. The second-order valence-corrected chi connectivity index (χ2v) is 5.07. The Morgan fingerprint density at radius 2 is 1.79 bits per heavy atom. The zero-order chi connectivity index (χ0) is 17.5. The van der Waals surface area contributed by atoms with Crippen molar-refractivity contribution < 1.29 is 18.7 Å². The summed E-state index contributed by atoms with van der Waals surface area (Å²) in [4.78, 5) is 24.1. The van der Waals surface area contributed by atoms with Crippen molar-refractivity contribution in [1.82, 2.24) is 5.32 Å². The molecule has 0 aliphatic rings. The lowest BCUT2D eigenvalue weighted by atomic mass is 10.0. The van der Waals surface area contributed by atoms with E-state index in [2.05, 4.69) is 5.32 Å². The minimum Gasteiger partial charge on any atom is -0.467 e. The number of hydrogen-bond acceptors (Lipinski definition) is 4. The van der Waals surface area contributed by atoms with Crippen LogP contribution in [0.1, 0.15) is 21.5 Å². The average molecular weight is 326 g/mol. The van der Waals surface area contributed by atoms with Crippen molar-refractivity contribution in [3.8, 4) is 6.07 Å². The van der Waals surface area contributed by atoms with Gasteiger partial charge in [-0.05, 0) is 42.0 Å². The van der Waals surface area contributed by atoms with E-state index in [4.69, 9.17) is 10.00 Å². The van der Waals surface area contributed by atoms with Gasteiger partial charge in [0.05, 0.1) is 18.7 Å². The molecule has 2 aromatic carbocycles. The lowest BCUT2D eigenvalue weighted by Gasteiger charge is -2.16. The number of nitrogens with zero attached hydrogens (tertiary/aromatic N) is 1. The summed E-state index contributed by atoms with van der Waals surface area (Å²) in [6.45, 7) is 0. The van der Waals surface area contributed by atoms with E-state index in [1.165, 1.54) is 31.4 Å². The number of esters is 1. The summed E-state index contributed by atoms with van der Waals surface area (Å²) in [7, 11) is 1.23. The van der Waals surface area contributed by atoms with Crippen LogP contribution in [0.2, 0.25) is 0 Å². The third-order valence-electron chi connectivity index (χ3n) is 3.42. The van der Waals surface area contributed by atoms with Gasteiger partial charge < -0.3 is 10.1 Å². The standard InChI is InChI=1S/C18H15FN2O3/c1-24-18(23)16(10-12-2-4-13(11-20)5-3-12)21-17(22)14-6-8-15(19)9-7-14/h2-9,16H,10H2,1H3,(H,21,22)/t16-/m0/s1. The fraction of sp³-hybridized carbons (Fsp3) is 0.167. The van der Waals surface area contributed by atoms with Gasteiger partial charge >= 0.3 is 5.97 Å². The quantitative estimate of drug-likeness (QED) is 0.855. The number of carbonyl (C=O) groups is 2. The topological polar surface area (TPSA) is 79.2 Å². The van der Waals surface area contributed by atoms with Gasteiger partial charge in [-0.1, -0.05) is 12.1 Å². The summed E-state index contributed by atoms with van der Waals surface area (Å²) in [5.41, 5.74) is 1.51. The fourth-order valence-electron chi connectivity index (χ4n) is 2.13. The number of benzene rings is 2. The maximum atomic E-state index is 12.9. The molecule has 24 heavy (non-hydrogen) atoms. The van der Waals surface area contributed by atoms with Gasteiger partial charge in [-0.3, -0.25) is 4.79 Å². The third kappa shape index (κ3) is 4.40. The minimum absolute atomic E-state index is 0.214. The number of halogens is 1. The van der Waals surface area contributed by atoms with Crippen LogP contribution in [0.5, 0.6) is 0 Å². The molecule has 0 radical (unpaired) electrons. The van der Waals surface area contributed by atoms with E-state index in [-0.39, 0.29) is 12.0 Å². The van der Waals surface area contributed by atoms with E-state index in [9.17, 15) is 14.0 Å². The Kier molecular flexibility index (Phi) is 5.63. The van der Waals surface area contributed by atoms with Gasteiger partial charge in [-0.25, -0.2) is 9.18 Å². The van der Waals surface area contributed by atoms with Crippen LogP contribution >= 0.6 is 0 Å². The maximum Gasteiger partial charge on any atom is 0.328 e. The highest BCUT2D eigenvalue weighted by atomic mass is 19.1. The van der Waals surface area contributed by atoms with Crippen LogP contribution in [0.25, 0.3) is 0 Å². The highest BCUT2D eigenvalue weighted by Gasteiger charge is 2.22. The van der Waals surface area contributed by atoms with Crippen molar-refractivity contribution in [2.75, 3.05) is 7.11 Å². The molecule has 2 aromatic rings. The van der Waals surface area contributed by atoms with E-state index in [1.54, 1.807) is 24.3 Å². The molecule has 5 nitrogen and oxygen atoms in total. The molecule has 0 spiro atoms. The number of hydrogen-bond donors (Lipinski definition) is 1. The number of ether oxygens (including phenoxy) is 1. The van der Waals surface area contributed by atoms with Gasteiger partial charge in [0.15, 0.2) is 0 Å². The van der Waals surface area contributed by atoms with Gasteiger partial charge in [-0.15, -0.1) is 0 Å². The summed E-state index contributed by atoms with van der Waals surface area (Å²) in [5, 5.41) is 11.4. The normalized spacial score (nSPS) is 11.2. The van der Waals surface area contributed by atoms with Gasteiger partial charge in [-0.2, -0.15) is 5.26 Å². The van der Waals surface area contributed by atoms with Crippen LogP contribution in [0.3, 0.4) is 0 Å².